The zero-order valence-electron chi connectivity index (χ0n) is 22.2. The van der Waals surface area contributed by atoms with Crippen LogP contribution in [0.25, 0.3) is 0 Å². The van der Waals surface area contributed by atoms with E-state index >= 15 is 0 Å². The van der Waals surface area contributed by atoms with Gasteiger partial charge in [0, 0.05) is 16.7 Å². The molecule has 0 radical (unpaired) electrons. The van der Waals surface area contributed by atoms with Crippen LogP contribution in [-0.4, -0.2) is 24.1 Å². The van der Waals surface area contributed by atoms with Gasteiger partial charge in [0.2, 0.25) is 0 Å². The van der Waals surface area contributed by atoms with Crippen molar-refractivity contribution in [2.75, 3.05) is 12.6 Å². The van der Waals surface area contributed by atoms with Crippen molar-refractivity contribution < 1.29 is 24.3 Å². The molecule has 0 aliphatic heterocycles. The molecule has 0 saturated heterocycles. The van der Waals surface area contributed by atoms with Gasteiger partial charge < -0.3 is 14.7 Å². The van der Waals surface area contributed by atoms with Crippen LogP contribution < -0.4 is 10.2 Å². The highest BCUT2D eigenvalue weighted by Gasteiger charge is 2.27. The van der Waals surface area contributed by atoms with Crippen LogP contribution in [0.15, 0.2) is 70.9 Å². The number of hydrogen-bond acceptors (Lipinski definition) is 7. The number of azo groups is 1. The Morgan fingerprint density at radius 3 is 1.97 bits per heavy atom. The predicted octanol–water partition coefficient (Wildman–Crippen LogP) is 7.10. The van der Waals surface area contributed by atoms with E-state index in [1.165, 1.54) is 7.11 Å². The normalized spacial score (nSPS) is 11.9. The van der Waals surface area contributed by atoms with Gasteiger partial charge in [0.15, 0.2) is 0 Å². The number of phenols is 1. The quantitative estimate of drug-likeness (QED) is 0.274. The minimum absolute atomic E-state index is 0.198. The number of rotatable bonds is 6. The number of hydrogen-bond donors (Lipinski definition) is 2. The summed E-state index contributed by atoms with van der Waals surface area (Å²) in [5.41, 5.74) is 4.89. The zero-order valence-corrected chi connectivity index (χ0v) is 22.2. The number of carbonyl (C=O) groups is 2. The Labute approximate surface area is 217 Å². The Bertz CT molecular complexity index is 1280. The van der Waals surface area contributed by atoms with Gasteiger partial charge in [0.25, 0.3) is 5.91 Å². The maximum atomic E-state index is 12.9. The largest absolute Gasteiger partial charge is 0.507 e. The van der Waals surface area contributed by atoms with Gasteiger partial charge in [-0.05, 0) is 65.4 Å². The number of ether oxygens (including phenoxy) is 1. The van der Waals surface area contributed by atoms with Crippen LogP contribution in [-0.2, 0) is 15.7 Å². The second-order valence-electron chi connectivity index (χ2n) is 10.7. The van der Waals surface area contributed by atoms with Crippen LogP contribution >= 0.6 is 0 Å². The first kappa shape index (κ1) is 27.4. The van der Waals surface area contributed by atoms with Crippen LogP contribution in [0.1, 0.15) is 73.4 Å². The molecular formula is C29H33N3O5. The fourth-order valence-electron chi connectivity index (χ4n) is 3.57. The number of methoxy groups -OCH3 is 1. The second kappa shape index (κ2) is 10.8. The topological polar surface area (TPSA) is 110 Å². The molecule has 0 atom stereocenters. The summed E-state index contributed by atoms with van der Waals surface area (Å²) in [7, 11) is 1.52. The first-order chi connectivity index (χ1) is 17.3. The number of anilines is 1. The predicted molar refractivity (Wildman–Crippen MR) is 143 cm³/mol. The monoisotopic (exact) mass is 503 g/mol. The summed E-state index contributed by atoms with van der Waals surface area (Å²) in [4.78, 5) is 30.2. The van der Waals surface area contributed by atoms with Crippen molar-refractivity contribution in [2.45, 2.75) is 52.4 Å². The van der Waals surface area contributed by atoms with E-state index in [0.29, 0.717) is 39.4 Å². The number of amides is 1. The van der Waals surface area contributed by atoms with Crippen molar-refractivity contribution in [3.05, 3.63) is 82.9 Å². The molecule has 0 unspecified atom stereocenters. The van der Waals surface area contributed by atoms with Gasteiger partial charge in [-0.15, -0.1) is 10.2 Å². The molecule has 3 aromatic rings. The maximum absolute atomic E-state index is 12.9. The molecule has 0 heterocycles. The lowest BCUT2D eigenvalue weighted by Gasteiger charge is -2.27. The Kier molecular flexibility index (Phi) is 8.01. The maximum Gasteiger partial charge on any atom is 0.362 e. The molecule has 8 nitrogen and oxygen atoms in total. The molecule has 0 aliphatic rings. The molecule has 0 spiro atoms. The molecule has 0 fully saturated rings. The van der Waals surface area contributed by atoms with E-state index in [1.807, 2.05) is 41.5 Å². The molecule has 194 valence electrons. The van der Waals surface area contributed by atoms with Gasteiger partial charge in [0.05, 0.1) is 24.0 Å². The fourth-order valence-corrected chi connectivity index (χ4v) is 3.57. The number of aromatic hydroxyl groups is 1. The van der Waals surface area contributed by atoms with Gasteiger partial charge >= 0.3 is 5.97 Å². The summed E-state index contributed by atoms with van der Waals surface area (Å²) in [6.45, 7) is 11.9. The van der Waals surface area contributed by atoms with E-state index in [-0.39, 0.29) is 16.6 Å². The lowest BCUT2D eigenvalue weighted by molar-refractivity contribution is 0.0596. The highest BCUT2D eigenvalue weighted by molar-refractivity contribution is 5.95. The van der Waals surface area contributed by atoms with Gasteiger partial charge in [-0.1, -0.05) is 47.6 Å². The summed E-state index contributed by atoms with van der Waals surface area (Å²) in [6, 6.07) is 16.5. The highest BCUT2D eigenvalue weighted by Crippen LogP contribution is 2.40. The number of carbonyl (C=O) groups excluding carboxylic acids is 2. The standard InChI is InChI=1S/C29H33N3O5/c1-28(2,3)23-16-19(17-24(25(23)33)29(4,5)6)26(34)31-30-20-11-13-21(14-12-20)32-37-27(35)18-9-8-10-22(15-18)36-7/h8-17,32-33H,1-7H3. The van der Waals surface area contributed by atoms with Gasteiger partial charge in [-0.3, -0.25) is 4.79 Å². The van der Waals surface area contributed by atoms with Crippen LogP contribution in [0.4, 0.5) is 11.4 Å². The molecule has 37 heavy (non-hydrogen) atoms. The SMILES string of the molecule is COc1cccc(C(=O)ONc2ccc(N=NC(=O)c3cc(C(C)(C)C)c(O)c(C(C)(C)C)c3)cc2)c1. The molecule has 3 aromatic carbocycles. The Hall–Kier alpha value is -4.20. The van der Waals surface area contributed by atoms with E-state index in [0.717, 1.165) is 0 Å². The molecule has 1 amide bonds. The molecule has 3 rings (SSSR count). The molecule has 2 N–H and O–H groups in total. The van der Waals surface area contributed by atoms with E-state index in [2.05, 4.69) is 15.7 Å². The van der Waals surface area contributed by atoms with E-state index < -0.39 is 11.9 Å². The summed E-state index contributed by atoms with van der Waals surface area (Å²) < 4.78 is 5.11. The van der Waals surface area contributed by atoms with Crippen LogP contribution in [0, 0.1) is 0 Å². The van der Waals surface area contributed by atoms with Crippen LogP contribution in [0.2, 0.25) is 0 Å². The lowest BCUT2D eigenvalue weighted by Crippen LogP contribution is -2.18. The van der Waals surface area contributed by atoms with Crippen molar-refractivity contribution in [1.29, 1.82) is 0 Å². The van der Waals surface area contributed by atoms with E-state index in [4.69, 9.17) is 9.57 Å². The minimum Gasteiger partial charge on any atom is -0.507 e. The number of benzene rings is 3. The van der Waals surface area contributed by atoms with Crippen molar-refractivity contribution in [1.82, 2.24) is 0 Å². The molecule has 0 bridgehead atoms. The van der Waals surface area contributed by atoms with Gasteiger partial charge in [-0.2, -0.15) is 0 Å². The third kappa shape index (κ3) is 6.94. The zero-order chi connectivity index (χ0) is 27.4. The average Bonchev–Trinajstić information content (AvgIpc) is 2.85. The van der Waals surface area contributed by atoms with Gasteiger partial charge in [-0.25, -0.2) is 10.3 Å². The fraction of sp³-hybridized carbons (Fsp3) is 0.310. The third-order valence-electron chi connectivity index (χ3n) is 5.66. The molecular weight excluding hydrogens is 470 g/mol. The highest BCUT2D eigenvalue weighted by atomic mass is 16.7. The summed E-state index contributed by atoms with van der Waals surface area (Å²) in [5.74, 6) is -0.323. The molecule has 0 aliphatic carbocycles. The Balaban J connectivity index is 1.71. The van der Waals surface area contributed by atoms with Crippen molar-refractivity contribution >= 4 is 23.3 Å². The first-order valence-corrected chi connectivity index (χ1v) is 11.8. The van der Waals surface area contributed by atoms with Crippen LogP contribution in [0.3, 0.4) is 0 Å². The smallest absolute Gasteiger partial charge is 0.362 e. The summed E-state index contributed by atoms with van der Waals surface area (Å²) >= 11 is 0. The first-order valence-electron chi connectivity index (χ1n) is 11.8. The van der Waals surface area contributed by atoms with Gasteiger partial charge in [0.1, 0.15) is 11.5 Å². The van der Waals surface area contributed by atoms with E-state index in [1.54, 1.807) is 60.7 Å². The van der Waals surface area contributed by atoms with Crippen molar-refractivity contribution in [3.8, 4) is 11.5 Å². The van der Waals surface area contributed by atoms with Crippen LogP contribution in [0.5, 0.6) is 11.5 Å². The van der Waals surface area contributed by atoms with E-state index in [9.17, 15) is 14.7 Å². The number of nitrogens with zero attached hydrogens (tertiary/aromatic N) is 2. The Morgan fingerprint density at radius 1 is 0.838 bits per heavy atom. The second-order valence-corrected chi connectivity index (χ2v) is 10.7. The third-order valence-corrected chi connectivity index (χ3v) is 5.66. The molecule has 0 saturated carbocycles. The minimum atomic E-state index is -0.564. The van der Waals surface area contributed by atoms with Crippen molar-refractivity contribution in [3.63, 3.8) is 0 Å². The number of phenolic OH excluding ortho intramolecular Hbond substituents is 1. The molecule has 8 heteroatoms. The number of nitrogens with one attached hydrogen (secondary N) is 1. The molecule has 0 aromatic heterocycles. The summed E-state index contributed by atoms with van der Waals surface area (Å²) in [5, 5.41) is 18.8. The summed E-state index contributed by atoms with van der Waals surface area (Å²) in [6.07, 6.45) is 0. The van der Waals surface area contributed by atoms with Crippen molar-refractivity contribution in [2.24, 2.45) is 10.2 Å². The lowest BCUT2D eigenvalue weighted by atomic mass is 9.78. The Morgan fingerprint density at radius 2 is 1.43 bits per heavy atom. The average molecular weight is 504 g/mol.